The number of hydrogen-bond donors (Lipinski definition) is 3. The van der Waals surface area contributed by atoms with Gasteiger partial charge in [0.05, 0.1) is 6.61 Å². The SMILES string of the molecule is CCOC(=O)N1CCC(NC(=NC)NCCNC(C)(C)C)CC1.I. The lowest BCUT2D eigenvalue weighted by Crippen LogP contribution is -2.51. The number of ether oxygens (including phenoxy) is 1. The van der Waals surface area contributed by atoms with Gasteiger partial charge in [-0.3, -0.25) is 4.99 Å². The Morgan fingerprint density at radius 1 is 1.25 bits per heavy atom. The summed E-state index contributed by atoms with van der Waals surface area (Å²) in [6.07, 6.45) is 1.60. The predicted octanol–water partition coefficient (Wildman–Crippen LogP) is 1.78. The van der Waals surface area contributed by atoms with Gasteiger partial charge >= 0.3 is 6.09 Å². The molecule has 0 aromatic rings. The van der Waals surface area contributed by atoms with Crippen molar-refractivity contribution in [3.63, 3.8) is 0 Å². The van der Waals surface area contributed by atoms with E-state index in [1.54, 1.807) is 11.9 Å². The minimum Gasteiger partial charge on any atom is -0.450 e. The Morgan fingerprint density at radius 2 is 1.88 bits per heavy atom. The zero-order valence-electron chi connectivity index (χ0n) is 15.6. The molecule has 0 bridgehead atoms. The average Bonchev–Trinajstić information content (AvgIpc) is 2.50. The topological polar surface area (TPSA) is 78.0 Å². The molecule has 1 saturated heterocycles. The molecule has 1 amide bonds. The lowest BCUT2D eigenvalue weighted by Gasteiger charge is -2.32. The minimum absolute atomic E-state index is 0. The van der Waals surface area contributed by atoms with Crippen molar-refractivity contribution in [2.45, 2.75) is 52.1 Å². The number of piperidine rings is 1. The summed E-state index contributed by atoms with van der Waals surface area (Å²) in [5.74, 6) is 0.815. The van der Waals surface area contributed by atoms with E-state index in [4.69, 9.17) is 4.74 Å². The molecule has 1 fully saturated rings. The van der Waals surface area contributed by atoms with Crippen molar-refractivity contribution in [3.8, 4) is 0 Å². The highest BCUT2D eigenvalue weighted by Crippen LogP contribution is 2.11. The zero-order valence-corrected chi connectivity index (χ0v) is 18.0. The van der Waals surface area contributed by atoms with Gasteiger partial charge in [0, 0.05) is 44.8 Å². The van der Waals surface area contributed by atoms with Crippen LogP contribution < -0.4 is 16.0 Å². The first-order valence-electron chi connectivity index (χ1n) is 8.49. The quantitative estimate of drug-likeness (QED) is 0.255. The van der Waals surface area contributed by atoms with Gasteiger partial charge in [-0.2, -0.15) is 0 Å². The third kappa shape index (κ3) is 9.51. The molecule has 1 aliphatic rings. The van der Waals surface area contributed by atoms with Crippen LogP contribution in [0.3, 0.4) is 0 Å². The number of nitrogens with zero attached hydrogens (tertiary/aromatic N) is 2. The van der Waals surface area contributed by atoms with Crippen LogP contribution in [-0.2, 0) is 4.74 Å². The number of likely N-dealkylation sites (tertiary alicyclic amines) is 1. The largest absolute Gasteiger partial charge is 0.450 e. The van der Waals surface area contributed by atoms with Crippen molar-refractivity contribution in [2.75, 3.05) is 39.8 Å². The Balaban J connectivity index is 0.00000529. The van der Waals surface area contributed by atoms with E-state index in [-0.39, 0.29) is 35.6 Å². The normalized spacial score (nSPS) is 16.4. The van der Waals surface area contributed by atoms with Gasteiger partial charge < -0.3 is 25.6 Å². The van der Waals surface area contributed by atoms with Gasteiger partial charge in [-0.25, -0.2) is 4.79 Å². The Bertz CT molecular complexity index is 390. The monoisotopic (exact) mass is 455 g/mol. The van der Waals surface area contributed by atoms with E-state index in [0.29, 0.717) is 12.6 Å². The summed E-state index contributed by atoms with van der Waals surface area (Å²) in [7, 11) is 1.78. The standard InChI is InChI=1S/C16H33N5O2.HI/c1-6-23-15(22)21-11-7-13(8-12-21)20-14(17-5)18-9-10-19-16(2,3)4;/h13,19H,6-12H2,1-5H3,(H2,17,18,20);1H. The summed E-state index contributed by atoms with van der Waals surface area (Å²) >= 11 is 0. The first-order valence-corrected chi connectivity index (χ1v) is 8.49. The molecule has 7 nitrogen and oxygen atoms in total. The summed E-state index contributed by atoms with van der Waals surface area (Å²) in [5.41, 5.74) is 0.124. The first kappa shape index (κ1) is 23.2. The molecule has 0 saturated carbocycles. The second-order valence-electron chi connectivity index (χ2n) is 6.78. The van der Waals surface area contributed by atoms with Crippen LogP contribution in [0.1, 0.15) is 40.5 Å². The first-order chi connectivity index (χ1) is 10.9. The number of hydrogen-bond acceptors (Lipinski definition) is 4. The Morgan fingerprint density at radius 3 is 2.38 bits per heavy atom. The molecule has 0 unspecified atom stereocenters. The maximum atomic E-state index is 11.7. The molecule has 0 aromatic heterocycles. The summed E-state index contributed by atoms with van der Waals surface area (Å²) in [4.78, 5) is 17.7. The summed E-state index contributed by atoms with van der Waals surface area (Å²) in [6, 6.07) is 0.336. The molecule has 0 atom stereocenters. The number of amides is 1. The lowest BCUT2D eigenvalue weighted by atomic mass is 10.1. The Kier molecular flexibility index (Phi) is 11.4. The molecule has 1 aliphatic heterocycles. The van der Waals surface area contributed by atoms with Crippen molar-refractivity contribution in [1.29, 1.82) is 0 Å². The highest BCUT2D eigenvalue weighted by atomic mass is 127. The third-order valence-electron chi connectivity index (χ3n) is 3.66. The molecule has 1 rings (SSSR count). The van der Waals surface area contributed by atoms with E-state index < -0.39 is 0 Å². The number of aliphatic imine (C=N–C) groups is 1. The zero-order chi connectivity index (χ0) is 17.3. The van der Waals surface area contributed by atoms with Crippen molar-refractivity contribution in [3.05, 3.63) is 0 Å². The summed E-state index contributed by atoms with van der Waals surface area (Å²) in [6.45, 7) is 11.8. The number of nitrogens with one attached hydrogen (secondary N) is 3. The van der Waals surface area contributed by atoms with E-state index in [0.717, 1.165) is 45.0 Å². The van der Waals surface area contributed by atoms with Crippen LogP contribution in [0.15, 0.2) is 4.99 Å². The van der Waals surface area contributed by atoms with Crippen molar-refractivity contribution in [1.82, 2.24) is 20.9 Å². The maximum absolute atomic E-state index is 11.7. The second kappa shape index (κ2) is 11.7. The molecule has 3 N–H and O–H groups in total. The van der Waals surface area contributed by atoms with Gasteiger partial charge in [-0.1, -0.05) is 0 Å². The van der Waals surface area contributed by atoms with Crippen LogP contribution in [0.2, 0.25) is 0 Å². The van der Waals surface area contributed by atoms with Crippen LogP contribution in [0.4, 0.5) is 4.79 Å². The van der Waals surface area contributed by atoms with E-state index in [9.17, 15) is 4.79 Å². The Hall–Kier alpha value is -0.770. The second-order valence-corrected chi connectivity index (χ2v) is 6.78. The van der Waals surface area contributed by atoms with Crippen LogP contribution in [-0.4, -0.2) is 68.4 Å². The summed E-state index contributed by atoms with van der Waals surface area (Å²) in [5, 5.41) is 10.2. The fourth-order valence-corrected chi connectivity index (χ4v) is 2.43. The predicted molar refractivity (Wildman–Crippen MR) is 109 cm³/mol. The number of halogens is 1. The van der Waals surface area contributed by atoms with E-state index in [2.05, 4.69) is 41.7 Å². The highest BCUT2D eigenvalue weighted by Gasteiger charge is 2.23. The van der Waals surface area contributed by atoms with E-state index in [1.165, 1.54) is 0 Å². The lowest BCUT2D eigenvalue weighted by molar-refractivity contribution is 0.0963. The molecular formula is C16H34IN5O2. The van der Waals surface area contributed by atoms with Crippen molar-refractivity contribution in [2.24, 2.45) is 4.99 Å². The van der Waals surface area contributed by atoms with Crippen LogP contribution in [0, 0.1) is 0 Å². The number of rotatable bonds is 5. The third-order valence-corrected chi connectivity index (χ3v) is 3.66. The number of carbonyl (C=O) groups excluding carboxylic acids is 1. The van der Waals surface area contributed by atoms with Gasteiger partial charge in [0.1, 0.15) is 0 Å². The molecule has 1 heterocycles. The van der Waals surface area contributed by atoms with Gasteiger partial charge in [0.25, 0.3) is 0 Å². The minimum atomic E-state index is -0.207. The maximum Gasteiger partial charge on any atom is 0.409 e. The van der Waals surface area contributed by atoms with Crippen LogP contribution in [0.5, 0.6) is 0 Å². The van der Waals surface area contributed by atoms with Crippen molar-refractivity contribution < 1.29 is 9.53 Å². The molecule has 0 aromatic carbocycles. The summed E-state index contributed by atoms with van der Waals surface area (Å²) < 4.78 is 5.04. The van der Waals surface area contributed by atoms with Crippen molar-refractivity contribution >= 4 is 36.0 Å². The van der Waals surface area contributed by atoms with Crippen LogP contribution in [0.25, 0.3) is 0 Å². The molecule has 0 radical (unpaired) electrons. The molecule has 24 heavy (non-hydrogen) atoms. The van der Waals surface area contributed by atoms with Gasteiger partial charge in [0.2, 0.25) is 0 Å². The fourth-order valence-electron chi connectivity index (χ4n) is 2.43. The molecule has 142 valence electrons. The van der Waals surface area contributed by atoms with E-state index in [1.807, 2.05) is 6.92 Å². The fraction of sp³-hybridized carbons (Fsp3) is 0.875. The molecule has 0 spiro atoms. The molecule has 0 aliphatic carbocycles. The smallest absolute Gasteiger partial charge is 0.409 e. The highest BCUT2D eigenvalue weighted by molar-refractivity contribution is 14.0. The van der Waals surface area contributed by atoms with Gasteiger partial charge in [0.15, 0.2) is 5.96 Å². The Labute approximate surface area is 163 Å². The molecular weight excluding hydrogens is 421 g/mol. The number of carbonyl (C=O) groups is 1. The van der Waals surface area contributed by atoms with Crippen LogP contribution >= 0.6 is 24.0 Å². The van der Waals surface area contributed by atoms with Gasteiger partial charge in [-0.15, -0.1) is 24.0 Å². The van der Waals surface area contributed by atoms with Gasteiger partial charge in [-0.05, 0) is 40.5 Å². The number of guanidine groups is 1. The average molecular weight is 455 g/mol. The molecule has 8 heteroatoms. The van der Waals surface area contributed by atoms with E-state index >= 15 is 0 Å².